The molecule has 2 aromatic carbocycles. The number of carbonyl (C=O) groups excluding carboxylic acids is 2. The molecule has 5 nitrogen and oxygen atoms in total. The molecule has 0 N–H and O–H groups in total. The third kappa shape index (κ3) is 3.96. The van der Waals surface area contributed by atoms with Gasteiger partial charge >= 0.3 is 5.97 Å². The van der Waals surface area contributed by atoms with E-state index in [0.29, 0.717) is 24.6 Å². The summed E-state index contributed by atoms with van der Waals surface area (Å²) in [7, 11) is 1.32. The van der Waals surface area contributed by atoms with Crippen molar-refractivity contribution in [1.29, 1.82) is 0 Å². The molecule has 1 atom stereocenters. The van der Waals surface area contributed by atoms with Crippen molar-refractivity contribution in [2.45, 2.75) is 13.0 Å². The third-order valence-electron chi connectivity index (χ3n) is 4.13. The Kier molecular flexibility index (Phi) is 4.97. The normalized spacial score (nSPS) is 16.8. The lowest BCUT2D eigenvalue weighted by Gasteiger charge is -2.17. The van der Waals surface area contributed by atoms with Crippen LogP contribution in [0, 0.1) is 11.7 Å². The van der Waals surface area contributed by atoms with Crippen molar-refractivity contribution in [2.75, 3.05) is 18.6 Å². The van der Waals surface area contributed by atoms with Crippen molar-refractivity contribution >= 4 is 17.6 Å². The number of esters is 1. The summed E-state index contributed by atoms with van der Waals surface area (Å²) in [5.41, 5.74) is 1.58. The van der Waals surface area contributed by atoms with Crippen molar-refractivity contribution in [3.63, 3.8) is 0 Å². The third-order valence-corrected chi connectivity index (χ3v) is 4.13. The van der Waals surface area contributed by atoms with Crippen LogP contribution in [0.15, 0.2) is 48.5 Å². The maximum atomic E-state index is 12.9. The van der Waals surface area contributed by atoms with Crippen LogP contribution < -0.4 is 9.64 Å². The Balaban J connectivity index is 1.61. The van der Waals surface area contributed by atoms with E-state index in [4.69, 9.17) is 9.47 Å². The maximum Gasteiger partial charge on any atom is 0.311 e. The first kappa shape index (κ1) is 17.0. The van der Waals surface area contributed by atoms with Crippen molar-refractivity contribution in [1.82, 2.24) is 0 Å². The Morgan fingerprint density at radius 3 is 2.48 bits per heavy atom. The molecule has 0 unspecified atom stereocenters. The average molecular weight is 343 g/mol. The number of methoxy groups -OCH3 is 1. The Morgan fingerprint density at radius 1 is 1.16 bits per heavy atom. The van der Waals surface area contributed by atoms with Gasteiger partial charge in [-0.3, -0.25) is 9.59 Å². The van der Waals surface area contributed by atoms with Crippen LogP contribution in [0.5, 0.6) is 5.75 Å². The smallest absolute Gasteiger partial charge is 0.311 e. The van der Waals surface area contributed by atoms with Crippen molar-refractivity contribution < 1.29 is 23.5 Å². The molecule has 1 fully saturated rings. The minimum Gasteiger partial charge on any atom is -0.489 e. The maximum absolute atomic E-state index is 12.9. The van der Waals surface area contributed by atoms with Crippen LogP contribution in [0.2, 0.25) is 0 Å². The molecule has 0 aromatic heterocycles. The molecule has 130 valence electrons. The predicted molar refractivity (Wildman–Crippen MR) is 89.7 cm³/mol. The van der Waals surface area contributed by atoms with Gasteiger partial charge < -0.3 is 14.4 Å². The van der Waals surface area contributed by atoms with E-state index in [2.05, 4.69) is 0 Å². The van der Waals surface area contributed by atoms with Crippen LogP contribution in [0.25, 0.3) is 0 Å². The highest BCUT2D eigenvalue weighted by Crippen LogP contribution is 2.27. The van der Waals surface area contributed by atoms with Crippen molar-refractivity contribution in [3.05, 3.63) is 59.9 Å². The molecule has 6 heteroatoms. The second-order valence-electron chi connectivity index (χ2n) is 5.84. The molecule has 1 aliphatic rings. The number of carbonyl (C=O) groups is 2. The van der Waals surface area contributed by atoms with E-state index in [1.54, 1.807) is 41.3 Å². The Bertz CT molecular complexity index is 758. The number of hydrogen-bond donors (Lipinski definition) is 0. The summed E-state index contributed by atoms with van der Waals surface area (Å²) in [5, 5.41) is 0. The summed E-state index contributed by atoms with van der Waals surface area (Å²) >= 11 is 0. The van der Waals surface area contributed by atoms with Crippen LogP contribution in [-0.4, -0.2) is 25.5 Å². The Morgan fingerprint density at radius 2 is 1.84 bits per heavy atom. The molecule has 25 heavy (non-hydrogen) atoms. The summed E-state index contributed by atoms with van der Waals surface area (Å²) in [6, 6.07) is 13.2. The van der Waals surface area contributed by atoms with Crippen LogP contribution in [0.3, 0.4) is 0 Å². The molecular weight excluding hydrogens is 325 g/mol. The minimum absolute atomic E-state index is 0.101. The zero-order valence-corrected chi connectivity index (χ0v) is 13.8. The van der Waals surface area contributed by atoms with E-state index in [9.17, 15) is 14.0 Å². The lowest BCUT2D eigenvalue weighted by Crippen LogP contribution is -2.26. The highest BCUT2D eigenvalue weighted by molar-refractivity contribution is 5.99. The number of halogens is 1. The summed E-state index contributed by atoms with van der Waals surface area (Å²) in [4.78, 5) is 25.2. The molecular formula is C19H18FNO4. The van der Waals surface area contributed by atoms with Crippen LogP contribution >= 0.6 is 0 Å². The van der Waals surface area contributed by atoms with E-state index in [0.717, 1.165) is 5.56 Å². The quantitative estimate of drug-likeness (QED) is 0.784. The molecule has 0 bridgehead atoms. The van der Waals surface area contributed by atoms with Gasteiger partial charge in [0.05, 0.1) is 13.0 Å². The fraction of sp³-hybridized carbons (Fsp3) is 0.263. The van der Waals surface area contributed by atoms with Gasteiger partial charge in [-0.1, -0.05) is 12.1 Å². The Hall–Kier alpha value is -2.89. The number of benzene rings is 2. The lowest BCUT2D eigenvalue weighted by molar-refractivity contribution is -0.145. The summed E-state index contributed by atoms with van der Waals surface area (Å²) in [5.74, 6) is -0.532. The van der Waals surface area contributed by atoms with Gasteiger partial charge in [-0.15, -0.1) is 0 Å². The van der Waals surface area contributed by atoms with Gasteiger partial charge in [0, 0.05) is 18.7 Å². The second-order valence-corrected chi connectivity index (χ2v) is 5.84. The largest absolute Gasteiger partial charge is 0.489 e. The van der Waals surface area contributed by atoms with Crippen molar-refractivity contribution in [2.24, 2.45) is 5.92 Å². The van der Waals surface area contributed by atoms with Crippen LogP contribution in [0.1, 0.15) is 12.0 Å². The highest BCUT2D eigenvalue weighted by atomic mass is 19.1. The van der Waals surface area contributed by atoms with Gasteiger partial charge in [-0.25, -0.2) is 4.39 Å². The highest BCUT2D eigenvalue weighted by Gasteiger charge is 2.35. The van der Waals surface area contributed by atoms with Gasteiger partial charge in [0.15, 0.2) is 0 Å². The van der Waals surface area contributed by atoms with Crippen molar-refractivity contribution in [3.8, 4) is 5.75 Å². The van der Waals surface area contributed by atoms with E-state index in [-0.39, 0.29) is 24.1 Å². The molecule has 0 radical (unpaired) electrons. The summed E-state index contributed by atoms with van der Waals surface area (Å²) in [6.07, 6.45) is 0.162. The van der Waals surface area contributed by atoms with Gasteiger partial charge in [0.2, 0.25) is 5.91 Å². The number of anilines is 1. The minimum atomic E-state index is -0.424. The lowest BCUT2D eigenvalue weighted by atomic mass is 10.1. The van der Waals surface area contributed by atoms with Gasteiger partial charge in [0.25, 0.3) is 0 Å². The molecule has 1 saturated heterocycles. The summed E-state index contributed by atoms with van der Waals surface area (Å²) in [6.45, 7) is 0.647. The molecule has 0 saturated carbocycles. The molecule has 2 aromatic rings. The fourth-order valence-electron chi connectivity index (χ4n) is 2.75. The van der Waals surface area contributed by atoms with Gasteiger partial charge in [-0.05, 0) is 42.0 Å². The number of hydrogen-bond acceptors (Lipinski definition) is 4. The molecule has 0 spiro atoms. The first-order valence-corrected chi connectivity index (χ1v) is 7.92. The topological polar surface area (TPSA) is 55.8 Å². The second kappa shape index (κ2) is 7.34. The van der Waals surface area contributed by atoms with Gasteiger partial charge in [0.1, 0.15) is 18.2 Å². The average Bonchev–Trinajstić information content (AvgIpc) is 3.03. The standard InChI is InChI=1S/C19H18FNO4/c1-24-19(23)14-10-18(22)21(11-14)16-6-8-17(9-7-16)25-12-13-2-4-15(20)5-3-13/h2-9,14H,10-12H2,1H3/t14-/m0/s1. The van der Waals surface area contributed by atoms with E-state index >= 15 is 0 Å². The first-order chi connectivity index (χ1) is 12.1. The predicted octanol–water partition coefficient (Wildman–Crippen LogP) is 2.93. The summed E-state index contributed by atoms with van der Waals surface area (Å²) < 4.78 is 23.2. The van der Waals surface area contributed by atoms with E-state index in [1.165, 1.54) is 19.2 Å². The number of amides is 1. The van der Waals surface area contributed by atoms with E-state index in [1.807, 2.05) is 0 Å². The SMILES string of the molecule is COC(=O)[C@H]1CC(=O)N(c2ccc(OCc3ccc(F)cc3)cc2)C1. The number of nitrogens with zero attached hydrogens (tertiary/aromatic N) is 1. The van der Waals surface area contributed by atoms with E-state index < -0.39 is 5.92 Å². The monoisotopic (exact) mass is 343 g/mol. The zero-order chi connectivity index (χ0) is 17.8. The molecule has 0 aliphatic carbocycles. The molecule has 1 amide bonds. The van der Waals surface area contributed by atoms with Crippen LogP contribution in [0.4, 0.5) is 10.1 Å². The molecule has 1 heterocycles. The zero-order valence-electron chi connectivity index (χ0n) is 13.8. The Labute approximate surface area is 145 Å². The van der Waals surface area contributed by atoms with Crippen LogP contribution in [-0.2, 0) is 20.9 Å². The first-order valence-electron chi connectivity index (χ1n) is 7.92. The van der Waals surface area contributed by atoms with Gasteiger partial charge in [-0.2, -0.15) is 0 Å². The molecule has 3 rings (SSSR count). The number of rotatable bonds is 5. The number of ether oxygens (including phenoxy) is 2. The fourth-order valence-corrected chi connectivity index (χ4v) is 2.75. The molecule has 1 aliphatic heterocycles.